The van der Waals surface area contributed by atoms with Crippen LogP contribution in [0, 0.1) is 0 Å². The predicted molar refractivity (Wildman–Crippen MR) is 57.0 cm³/mol. The molecule has 2 heterocycles. The SMILES string of the molecule is CC1(CCC(=O)n2ccnc2)OCCCO1. The van der Waals surface area contributed by atoms with E-state index in [1.54, 1.807) is 12.4 Å². The summed E-state index contributed by atoms with van der Waals surface area (Å²) in [6.07, 6.45) is 6.63. The molecule has 5 nitrogen and oxygen atoms in total. The number of nitrogens with zero attached hydrogens (tertiary/aromatic N) is 2. The molecule has 0 radical (unpaired) electrons. The summed E-state index contributed by atoms with van der Waals surface area (Å²) >= 11 is 0. The van der Waals surface area contributed by atoms with Crippen molar-refractivity contribution in [2.24, 2.45) is 0 Å². The number of carbonyl (C=O) groups excluding carboxylic acids is 1. The molecule has 1 aromatic rings. The van der Waals surface area contributed by atoms with Gasteiger partial charge in [-0.1, -0.05) is 0 Å². The Kier molecular flexibility index (Phi) is 3.36. The molecule has 0 amide bonds. The molecule has 1 aromatic heterocycles. The normalized spacial score (nSPS) is 19.6. The van der Waals surface area contributed by atoms with Crippen LogP contribution in [0.1, 0.15) is 31.0 Å². The van der Waals surface area contributed by atoms with E-state index in [2.05, 4.69) is 4.98 Å². The van der Waals surface area contributed by atoms with E-state index >= 15 is 0 Å². The highest BCUT2D eigenvalue weighted by Crippen LogP contribution is 2.23. The van der Waals surface area contributed by atoms with E-state index in [0.29, 0.717) is 26.1 Å². The van der Waals surface area contributed by atoms with Crippen LogP contribution in [0.2, 0.25) is 0 Å². The van der Waals surface area contributed by atoms with Crippen LogP contribution < -0.4 is 0 Å². The second-order valence-electron chi connectivity index (χ2n) is 4.05. The summed E-state index contributed by atoms with van der Waals surface area (Å²) in [6, 6.07) is 0. The van der Waals surface area contributed by atoms with Gasteiger partial charge in [0.1, 0.15) is 6.33 Å². The van der Waals surface area contributed by atoms with Crippen LogP contribution in [0.3, 0.4) is 0 Å². The Hall–Kier alpha value is -1.20. The summed E-state index contributed by atoms with van der Waals surface area (Å²) in [4.78, 5) is 15.5. The van der Waals surface area contributed by atoms with E-state index in [-0.39, 0.29) is 5.91 Å². The molecule has 0 saturated carbocycles. The van der Waals surface area contributed by atoms with Crippen molar-refractivity contribution >= 4 is 5.91 Å². The molecular formula is C11H16N2O3. The molecule has 5 heteroatoms. The average Bonchev–Trinajstić information content (AvgIpc) is 2.80. The molecule has 0 unspecified atom stereocenters. The lowest BCUT2D eigenvalue weighted by Gasteiger charge is -2.33. The van der Waals surface area contributed by atoms with E-state index in [9.17, 15) is 4.79 Å². The number of hydrogen-bond acceptors (Lipinski definition) is 4. The standard InChI is InChI=1S/C11H16N2O3/c1-11(15-7-2-8-16-11)4-3-10(14)13-6-5-12-9-13/h5-6,9H,2-4,7-8H2,1H3. The molecule has 0 bridgehead atoms. The monoisotopic (exact) mass is 224 g/mol. The van der Waals surface area contributed by atoms with Gasteiger partial charge in [0.25, 0.3) is 0 Å². The maximum Gasteiger partial charge on any atom is 0.232 e. The third-order valence-electron chi connectivity index (χ3n) is 2.69. The summed E-state index contributed by atoms with van der Waals surface area (Å²) in [5, 5.41) is 0. The summed E-state index contributed by atoms with van der Waals surface area (Å²) < 4.78 is 12.5. The topological polar surface area (TPSA) is 53.4 Å². The highest BCUT2D eigenvalue weighted by molar-refractivity contribution is 5.78. The number of aromatic nitrogens is 2. The van der Waals surface area contributed by atoms with Gasteiger partial charge < -0.3 is 9.47 Å². The van der Waals surface area contributed by atoms with E-state index in [0.717, 1.165) is 6.42 Å². The Balaban J connectivity index is 1.84. The van der Waals surface area contributed by atoms with Crippen molar-refractivity contribution in [2.45, 2.75) is 32.0 Å². The first-order valence-electron chi connectivity index (χ1n) is 5.49. The third kappa shape index (κ3) is 2.68. The first-order chi connectivity index (χ1) is 7.70. The van der Waals surface area contributed by atoms with Gasteiger partial charge in [0.05, 0.1) is 13.2 Å². The number of carbonyl (C=O) groups is 1. The highest BCUT2D eigenvalue weighted by atomic mass is 16.7. The maximum absolute atomic E-state index is 11.7. The van der Waals surface area contributed by atoms with Crippen LogP contribution in [0.4, 0.5) is 0 Å². The van der Waals surface area contributed by atoms with Gasteiger partial charge in [-0.25, -0.2) is 4.98 Å². The van der Waals surface area contributed by atoms with Crippen LogP contribution in [-0.2, 0) is 9.47 Å². The summed E-state index contributed by atoms with van der Waals surface area (Å²) in [6.45, 7) is 3.29. The summed E-state index contributed by atoms with van der Waals surface area (Å²) in [7, 11) is 0. The van der Waals surface area contributed by atoms with Crippen molar-refractivity contribution in [3.63, 3.8) is 0 Å². The molecule has 1 fully saturated rings. The quantitative estimate of drug-likeness (QED) is 0.780. The largest absolute Gasteiger partial charge is 0.350 e. The second kappa shape index (κ2) is 4.76. The van der Waals surface area contributed by atoms with Gasteiger partial charge in [0, 0.05) is 25.2 Å². The van der Waals surface area contributed by atoms with Crippen molar-refractivity contribution < 1.29 is 14.3 Å². The Morgan fingerprint density at radius 2 is 2.25 bits per heavy atom. The lowest BCUT2D eigenvalue weighted by molar-refractivity contribution is -0.258. The first-order valence-corrected chi connectivity index (χ1v) is 5.49. The van der Waals surface area contributed by atoms with Crippen molar-refractivity contribution in [1.29, 1.82) is 0 Å². The van der Waals surface area contributed by atoms with E-state index in [1.165, 1.54) is 10.9 Å². The van der Waals surface area contributed by atoms with E-state index in [4.69, 9.17) is 9.47 Å². The molecule has 88 valence electrons. The maximum atomic E-state index is 11.7. The first kappa shape index (κ1) is 11.3. The number of imidazole rings is 1. The highest BCUT2D eigenvalue weighted by Gasteiger charge is 2.29. The zero-order chi connectivity index (χ0) is 11.4. The van der Waals surface area contributed by atoms with E-state index in [1.807, 2.05) is 6.92 Å². The Morgan fingerprint density at radius 3 is 2.88 bits per heavy atom. The molecule has 2 rings (SSSR count). The van der Waals surface area contributed by atoms with Crippen LogP contribution in [0.5, 0.6) is 0 Å². The molecule has 0 spiro atoms. The van der Waals surface area contributed by atoms with Crippen molar-refractivity contribution in [2.75, 3.05) is 13.2 Å². The fourth-order valence-corrected chi connectivity index (χ4v) is 1.69. The van der Waals surface area contributed by atoms with Gasteiger partial charge in [-0.05, 0) is 13.3 Å². The average molecular weight is 224 g/mol. The lowest BCUT2D eigenvalue weighted by atomic mass is 10.1. The minimum absolute atomic E-state index is 0.0106. The van der Waals surface area contributed by atoms with Gasteiger partial charge in [-0.2, -0.15) is 0 Å². The molecule has 1 saturated heterocycles. The predicted octanol–water partition coefficient (Wildman–Crippen LogP) is 1.46. The molecule has 0 aliphatic carbocycles. The Labute approximate surface area is 94.4 Å². The van der Waals surface area contributed by atoms with Crippen molar-refractivity contribution in [1.82, 2.24) is 9.55 Å². The number of hydrogen-bond donors (Lipinski definition) is 0. The Morgan fingerprint density at radius 1 is 1.50 bits per heavy atom. The molecule has 0 atom stereocenters. The van der Waals surface area contributed by atoms with Gasteiger partial charge in [0.2, 0.25) is 5.91 Å². The van der Waals surface area contributed by atoms with Crippen LogP contribution in [-0.4, -0.2) is 34.5 Å². The molecule has 0 N–H and O–H groups in total. The zero-order valence-corrected chi connectivity index (χ0v) is 9.39. The minimum Gasteiger partial charge on any atom is -0.350 e. The second-order valence-corrected chi connectivity index (χ2v) is 4.05. The molecule has 0 aromatic carbocycles. The van der Waals surface area contributed by atoms with Gasteiger partial charge in [0.15, 0.2) is 5.79 Å². The third-order valence-corrected chi connectivity index (χ3v) is 2.69. The Bertz CT molecular complexity index is 342. The van der Waals surface area contributed by atoms with E-state index < -0.39 is 5.79 Å². The molecule has 16 heavy (non-hydrogen) atoms. The van der Waals surface area contributed by atoms with Crippen LogP contribution in [0.15, 0.2) is 18.7 Å². The molecule has 1 aliphatic heterocycles. The number of ether oxygens (including phenoxy) is 2. The van der Waals surface area contributed by atoms with Crippen molar-refractivity contribution in [3.05, 3.63) is 18.7 Å². The van der Waals surface area contributed by atoms with Gasteiger partial charge in [-0.3, -0.25) is 9.36 Å². The van der Waals surface area contributed by atoms with Gasteiger partial charge >= 0.3 is 0 Å². The smallest absolute Gasteiger partial charge is 0.232 e. The fourth-order valence-electron chi connectivity index (χ4n) is 1.69. The summed E-state index contributed by atoms with van der Waals surface area (Å²) in [5.41, 5.74) is 0. The lowest BCUT2D eigenvalue weighted by Crippen LogP contribution is -2.38. The fraction of sp³-hybridized carbons (Fsp3) is 0.636. The van der Waals surface area contributed by atoms with Gasteiger partial charge in [-0.15, -0.1) is 0 Å². The molecule has 1 aliphatic rings. The minimum atomic E-state index is -0.603. The zero-order valence-electron chi connectivity index (χ0n) is 9.39. The summed E-state index contributed by atoms with van der Waals surface area (Å²) in [5.74, 6) is -0.592. The van der Waals surface area contributed by atoms with Crippen LogP contribution >= 0.6 is 0 Å². The van der Waals surface area contributed by atoms with Crippen LogP contribution in [0.25, 0.3) is 0 Å². The number of rotatable bonds is 3. The van der Waals surface area contributed by atoms with Crippen molar-refractivity contribution in [3.8, 4) is 0 Å². The molecular weight excluding hydrogens is 208 g/mol.